The lowest BCUT2D eigenvalue weighted by Crippen LogP contribution is -2.31. The predicted molar refractivity (Wildman–Crippen MR) is 100 cm³/mol. The third-order valence-corrected chi connectivity index (χ3v) is 3.11. The van der Waals surface area contributed by atoms with Crippen LogP contribution in [-0.4, -0.2) is 40.5 Å². The minimum absolute atomic E-state index is 0.00642. The molecule has 150 valence electrons. The van der Waals surface area contributed by atoms with Crippen LogP contribution < -0.4 is 0 Å². The smallest absolute Gasteiger partial charge is 0.305 e. The van der Waals surface area contributed by atoms with Crippen LogP contribution in [0, 0.1) is 0 Å². The molecule has 1 aliphatic heterocycles. The van der Waals surface area contributed by atoms with Gasteiger partial charge in [-0.15, -0.1) is 0 Å². The fraction of sp³-hybridized carbons (Fsp3) is 0.650. The molecule has 2 rings (SSSR count). The molecule has 0 aliphatic carbocycles. The van der Waals surface area contributed by atoms with Gasteiger partial charge in [0.05, 0.1) is 19.3 Å². The van der Waals surface area contributed by atoms with Gasteiger partial charge in [-0.1, -0.05) is 44.2 Å². The van der Waals surface area contributed by atoms with Gasteiger partial charge in [-0.2, -0.15) is 0 Å². The van der Waals surface area contributed by atoms with E-state index in [9.17, 15) is 4.79 Å². The Morgan fingerprint density at radius 2 is 1.81 bits per heavy atom. The Morgan fingerprint density at radius 3 is 2.31 bits per heavy atom. The van der Waals surface area contributed by atoms with Crippen molar-refractivity contribution in [1.82, 2.24) is 0 Å². The number of rotatable bonds is 5. The van der Waals surface area contributed by atoms with Crippen molar-refractivity contribution < 1.29 is 29.2 Å². The van der Waals surface area contributed by atoms with E-state index in [1.165, 1.54) is 20.8 Å². The van der Waals surface area contributed by atoms with Gasteiger partial charge in [-0.25, -0.2) is 0 Å². The molecule has 0 amide bonds. The van der Waals surface area contributed by atoms with E-state index in [1.54, 1.807) is 6.92 Å². The first-order valence-corrected chi connectivity index (χ1v) is 9.01. The fourth-order valence-electron chi connectivity index (χ4n) is 2.27. The molecule has 1 aliphatic rings. The summed E-state index contributed by atoms with van der Waals surface area (Å²) in [6.45, 7) is 10.9. The summed E-state index contributed by atoms with van der Waals surface area (Å²) in [5.41, 5.74) is 1.14. The Labute approximate surface area is 157 Å². The lowest BCUT2D eigenvalue weighted by Gasteiger charge is -2.24. The largest absolute Gasteiger partial charge is 0.434 e. The Hall–Kier alpha value is -1.47. The summed E-state index contributed by atoms with van der Waals surface area (Å²) in [5.74, 6) is -2.60. The highest BCUT2D eigenvalue weighted by Gasteiger charge is 2.38. The van der Waals surface area contributed by atoms with Gasteiger partial charge in [0.25, 0.3) is 0 Å². The average molecular weight is 370 g/mol. The molecule has 0 spiro atoms. The summed E-state index contributed by atoms with van der Waals surface area (Å²) in [6.07, 6.45) is 1.55. The van der Waals surface area contributed by atoms with Crippen LogP contribution in [0.5, 0.6) is 0 Å². The molecule has 26 heavy (non-hydrogen) atoms. The number of benzene rings is 1. The van der Waals surface area contributed by atoms with Gasteiger partial charge in [0.15, 0.2) is 5.79 Å². The first kappa shape index (κ1) is 24.5. The number of hydrogen-bond donors (Lipinski definition) is 2. The molecule has 1 heterocycles. The molecule has 1 saturated heterocycles. The summed E-state index contributed by atoms with van der Waals surface area (Å²) in [7, 11) is 0. The summed E-state index contributed by atoms with van der Waals surface area (Å²) in [5, 5.41) is 16.2. The maximum Gasteiger partial charge on any atom is 0.305 e. The second-order valence-electron chi connectivity index (χ2n) is 6.50. The summed E-state index contributed by atoms with van der Waals surface area (Å²) >= 11 is 0. The molecule has 1 aromatic rings. The van der Waals surface area contributed by atoms with Crippen molar-refractivity contribution in [1.29, 1.82) is 0 Å². The lowest BCUT2D eigenvalue weighted by molar-refractivity contribution is -0.219. The van der Waals surface area contributed by atoms with E-state index in [0.717, 1.165) is 12.0 Å². The first-order valence-electron chi connectivity index (χ1n) is 9.01. The Balaban J connectivity index is 0.000000772. The second kappa shape index (κ2) is 12.0. The van der Waals surface area contributed by atoms with E-state index in [4.69, 9.17) is 24.4 Å². The third-order valence-electron chi connectivity index (χ3n) is 3.11. The molecule has 1 fully saturated rings. The van der Waals surface area contributed by atoms with Gasteiger partial charge in [0, 0.05) is 20.3 Å². The van der Waals surface area contributed by atoms with E-state index in [-0.39, 0.29) is 12.1 Å². The van der Waals surface area contributed by atoms with Crippen molar-refractivity contribution >= 4 is 5.97 Å². The van der Waals surface area contributed by atoms with E-state index < -0.39 is 11.6 Å². The highest BCUT2D eigenvalue weighted by atomic mass is 16.7. The number of hydrogen-bond acceptors (Lipinski definition) is 6. The molecule has 6 heteroatoms. The lowest BCUT2D eigenvalue weighted by atomic mass is 10.2. The average Bonchev–Trinajstić information content (AvgIpc) is 2.89. The topological polar surface area (TPSA) is 85.2 Å². The molecular weight excluding hydrogens is 336 g/mol. The minimum Gasteiger partial charge on any atom is -0.434 e. The molecule has 6 nitrogen and oxygen atoms in total. The second-order valence-corrected chi connectivity index (χ2v) is 6.50. The van der Waals surface area contributed by atoms with E-state index >= 15 is 0 Å². The minimum atomic E-state index is -1.50. The van der Waals surface area contributed by atoms with Crippen LogP contribution in [0.25, 0.3) is 0 Å². The quantitative estimate of drug-likeness (QED) is 0.610. The molecule has 0 bridgehead atoms. The number of aliphatic hydroxyl groups is 2. The molecule has 2 N–H and O–H groups in total. The predicted octanol–water partition coefficient (Wildman–Crippen LogP) is 3.39. The Bertz CT molecular complexity index is 491. The summed E-state index contributed by atoms with van der Waals surface area (Å²) in [6, 6.07) is 10.0. The van der Waals surface area contributed by atoms with Crippen LogP contribution in [0.15, 0.2) is 30.3 Å². The van der Waals surface area contributed by atoms with Gasteiger partial charge < -0.3 is 24.4 Å². The van der Waals surface area contributed by atoms with Crippen LogP contribution in [0.1, 0.15) is 59.9 Å². The van der Waals surface area contributed by atoms with Crippen LogP contribution in [0.2, 0.25) is 0 Å². The van der Waals surface area contributed by atoms with E-state index in [2.05, 4.69) is 0 Å². The maximum atomic E-state index is 11.0. The molecular formula is C20H34O6. The van der Waals surface area contributed by atoms with Crippen LogP contribution >= 0.6 is 0 Å². The number of carbonyl (C=O) groups excluding carboxylic acids is 1. The van der Waals surface area contributed by atoms with Crippen molar-refractivity contribution in [3.05, 3.63) is 35.9 Å². The summed E-state index contributed by atoms with van der Waals surface area (Å²) < 4.78 is 16.5. The van der Waals surface area contributed by atoms with E-state index in [1.807, 2.05) is 44.2 Å². The van der Waals surface area contributed by atoms with Crippen LogP contribution in [0.3, 0.4) is 0 Å². The van der Waals surface area contributed by atoms with Gasteiger partial charge in [0.2, 0.25) is 5.79 Å². The van der Waals surface area contributed by atoms with Gasteiger partial charge in [-0.3, -0.25) is 4.79 Å². The molecule has 0 aromatic heterocycles. The van der Waals surface area contributed by atoms with Crippen molar-refractivity contribution in [2.45, 2.75) is 78.7 Å². The van der Waals surface area contributed by atoms with Gasteiger partial charge in [0.1, 0.15) is 0 Å². The zero-order valence-corrected chi connectivity index (χ0v) is 16.8. The number of esters is 1. The molecule has 0 saturated carbocycles. The molecule has 2 atom stereocenters. The third kappa shape index (κ3) is 12.8. The van der Waals surface area contributed by atoms with Crippen molar-refractivity contribution in [2.24, 2.45) is 0 Å². The van der Waals surface area contributed by atoms with E-state index in [0.29, 0.717) is 19.6 Å². The SMILES string of the molecule is CC.CC(=O)OC1(C)CCC(COCc2ccccc2)O1.CC(C)(O)O. The number of ether oxygens (including phenoxy) is 3. The van der Waals surface area contributed by atoms with Crippen molar-refractivity contribution in [2.75, 3.05) is 6.61 Å². The first-order chi connectivity index (χ1) is 12.1. The number of carbonyl (C=O) groups is 1. The monoisotopic (exact) mass is 370 g/mol. The maximum absolute atomic E-state index is 11.0. The standard InChI is InChI=1S/C15H20O4.C3H8O2.C2H6/c1-12(16)18-15(2)9-8-14(19-15)11-17-10-13-6-4-3-5-7-13;1-3(2,4)5;1-2/h3-7,14H,8-11H2,1-2H3;4-5H,1-2H3;1-2H3. The van der Waals surface area contributed by atoms with Gasteiger partial charge >= 0.3 is 5.97 Å². The molecule has 2 unspecified atom stereocenters. The Morgan fingerprint density at radius 1 is 1.27 bits per heavy atom. The van der Waals surface area contributed by atoms with Crippen LogP contribution in [-0.2, 0) is 25.6 Å². The zero-order chi connectivity index (χ0) is 20.2. The highest BCUT2D eigenvalue weighted by Crippen LogP contribution is 2.31. The zero-order valence-electron chi connectivity index (χ0n) is 16.8. The normalized spacial score (nSPS) is 21.8. The Kier molecular flexibility index (Phi) is 11.3. The molecule has 0 radical (unpaired) electrons. The summed E-state index contributed by atoms with van der Waals surface area (Å²) in [4.78, 5) is 11.0. The van der Waals surface area contributed by atoms with Crippen molar-refractivity contribution in [3.63, 3.8) is 0 Å². The van der Waals surface area contributed by atoms with Crippen LogP contribution in [0.4, 0.5) is 0 Å². The molecule has 1 aromatic carbocycles. The highest BCUT2D eigenvalue weighted by molar-refractivity contribution is 5.66. The fourth-order valence-corrected chi connectivity index (χ4v) is 2.27. The van der Waals surface area contributed by atoms with Gasteiger partial charge in [-0.05, 0) is 25.8 Å². The van der Waals surface area contributed by atoms with Crippen molar-refractivity contribution in [3.8, 4) is 0 Å².